The first-order valence-electron chi connectivity index (χ1n) is 8.00. The van der Waals surface area contributed by atoms with E-state index in [-0.39, 0.29) is 0 Å². The van der Waals surface area contributed by atoms with Gasteiger partial charge in [0.05, 0.1) is 0 Å². The second-order valence-corrected chi connectivity index (χ2v) is 16.4. The molecule has 0 fully saturated rings. The zero-order valence-corrected chi connectivity index (χ0v) is 18.6. The van der Waals surface area contributed by atoms with Crippen molar-refractivity contribution in [1.29, 1.82) is 0 Å². The van der Waals surface area contributed by atoms with Crippen LogP contribution in [0.25, 0.3) is 0 Å². The van der Waals surface area contributed by atoms with Crippen molar-refractivity contribution in [3.05, 3.63) is 101 Å². The predicted molar refractivity (Wildman–Crippen MR) is 124 cm³/mol. The van der Waals surface area contributed by atoms with E-state index >= 15 is 0 Å². The molecule has 0 nitrogen and oxygen atoms in total. The average molecular weight is 487 g/mol. The summed E-state index contributed by atoms with van der Waals surface area (Å²) in [5, 5.41) is 2.65. The topological polar surface area (TPSA) is 0 Å². The van der Waals surface area contributed by atoms with Crippen molar-refractivity contribution >= 4 is 71.5 Å². The molecule has 3 rings (SSSR count). The molecular weight excluding hydrogens is 469 g/mol. The fourth-order valence-electron chi connectivity index (χ4n) is 3.26. The van der Waals surface area contributed by atoms with E-state index < -0.39 is 5.31 Å². The second kappa shape index (κ2) is 7.66. The second-order valence-electron chi connectivity index (χ2n) is 6.08. The number of halogens is 4. The van der Waals surface area contributed by atoms with E-state index in [0.717, 1.165) is 6.16 Å². The van der Waals surface area contributed by atoms with Gasteiger partial charge in [-0.25, -0.2) is 0 Å². The first-order valence-corrected chi connectivity index (χ1v) is 13.6. The Hall–Kier alpha value is -0.820. The molecule has 3 aromatic rings. The fourth-order valence-corrected chi connectivity index (χ4v) is 10.7. The Morgan fingerprint density at radius 1 is 0.654 bits per heavy atom. The fraction of sp³-hybridized carbons (Fsp3) is 0.0476. The third-order valence-corrected chi connectivity index (χ3v) is 14.9. The van der Waals surface area contributed by atoms with E-state index in [1.54, 1.807) is 0 Å². The third-order valence-electron chi connectivity index (χ3n) is 4.57. The molecule has 0 bridgehead atoms. The quantitative estimate of drug-likeness (QED) is 0.270. The summed E-state index contributed by atoms with van der Waals surface area (Å²) in [6.45, 7) is 4.04. The summed E-state index contributed by atoms with van der Waals surface area (Å²) >= 11 is 22.8. The molecular formula is C21H17BrCl3P. The molecule has 0 spiro atoms. The van der Waals surface area contributed by atoms with Gasteiger partial charge >= 0.3 is 178 Å². The van der Waals surface area contributed by atoms with Gasteiger partial charge in [-0.2, -0.15) is 0 Å². The van der Waals surface area contributed by atoms with Crippen molar-refractivity contribution in [2.75, 3.05) is 6.16 Å². The van der Waals surface area contributed by atoms with Gasteiger partial charge in [-0.05, 0) is 0 Å². The van der Waals surface area contributed by atoms with E-state index in [1.807, 2.05) is 42.5 Å². The standard InChI is InChI=1S/C21H17BrCl3P/c1-2-15-26(22,19-9-3-16(23)4-10-19,20-11-5-17(24)6-12-20)21-13-7-18(25)8-14-21/h2-14H,1,15H2. The number of allylic oxidation sites excluding steroid dienone is 1. The van der Waals surface area contributed by atoms with Crippen LogP contribution in [0, 0.1) is 0 Å². The number of hydrogen-bond acceptors (Lipinski definition) is 0. The van der Waals surface area contributed by atoms with Crippen LogP contribution in [0.3, 0.4) is 0 Å². The van der Waals surface area contributed by atoms with Crippen molar-refractivity contribution in [1.82, 2.24) is 0 Å². The molecule has 0 aromatic heterocycles. The zero-order chi connectivity index (χ0) is 18.8. The maximum absolute atomic E-state index is 6.16. The first-order chi connectivity index (χ1) is 12.4. The summed E-state index contributed by atoms with van der Waals surface area (Å²) in [4.78, 5) is 0. The van der Waals surface area contributed by atoms with E-state index in [9.17, 15) is 0 Å². The molecule has 0 amide bonds. The van der Waals surface area contributed by atoms with Crippen molar-refractivity contribution in [2.24, 2.45) is 0 Å². The summed E-state index contributed by atoms with van der Waals surface area (Å²) < 4.78 is 0. The Labute approximate surface area is 177 Å². The third kappa shape index (κ3) is 3.37. The minimum atomic E-state index is -2.98. The Balaban J connectivity index is 2.42. The van der Waals surface area contributed by atoms with Gasteiger partial charge in [0.1, 0.15) is 0 Å². The maximum atomic E-state index is 6.16. The van der Waals surface area contributed by atoms with Crippen molar-refractivity contribution < 1.29 is 0 Å². The number of hydrogen-bond donors (Lipinski definition) is 0. The Bertz CT molecular complexity index is 805. The molecule has 0 aliphatic heterocycles. The van der Waals surface area contributed by atoms with Crippen molar-refractivity contribution in [3.8, 4) is 0 Å². The Morgan fingerprint density at radius 3 is 1.15 bits per heavy atom. The van der Waals surface area contributed by atoms with Crippen molar-refractivity contribution in [2.45, 2.75) is 0 Å². The van der Waals surface area contributed by atoms with Crippen LogP contribution < -0.4 is 15.9 Å². The zero-order valence-electron chi connectivity index (χ0n) is 13.9. The number of rotatable bonds is 5. The Morgan fingerprint density at radius 2 is 0.923 bits per heavy atom. The summed E-state index contributed by atoms with van der Waals surface area (Å²) in [6, 6.07) is 24.1. The number of benzene rings is 3. The molecule has 0 unspecified atom stereocenters. The molecule has 0 atom stereocenters. The monoisotopic (exact) mass is 484 g/mol. The molecule has 0 radical (unpaired) electrons. The van der Waals surface area contributed by atoms with Gasteiger partial charge in [0.15, 0.2) is 0 Å². The van der Waals surface area contributed by atoms with Crippen LogP contribution in [0.5, 0.6) is 0 Å². The van der Waals surface area contributed by atoms with Gasteiger partial charge in [0.2, 0.25) is 0 Å². The van der Waals surface area contributed by atoms with Gasteiger partial charge < -0.3 is 0 Å². The van der Waals surface area contributed by atoms with Gasteiger partial charge in [0, 0.05) is 0 Å². The average Bonchev–Trinajstić information content (AvgIpc) is 2.63. The normalized spacial score (nSPS) is 13.0. The Kier molecular flexibility index (Phi) is 5.87. The summed E-state index contributed by atoms with van der Waals surface area (Å²) in [6.07, 6.45) is 2.71. The molecule has 26 heavy (non-hydrogen) atoms. The van der Waals surface area contributed by atoms with Crippen LogP contribution in [0.4, 0.5) is 0 Å². The molecule has 3 aromatic carbocycles. The molecule has 0 N–H and O–H groups in total. The van der Waals surface area contributed by atoms with E-state index in [2.05, 4.69) is 58.5 Å². The summed E-state index contributed by atoms with van der Waals surface area (Å²) in [7, 11) is 0. The molecule has 0 aliphatic rings. The van der Waals surface area contributed by atoms with Crippen LogP contribution in [0.1, 0.15) is 0 Å². The predicted octanol–water partition coefficient (Wildman–Crippen LogP) is 6.97. The minimum absolute atomic E-state index is 0.706. The molecule has 0 heterocycles. The SMILES string of the molecule is C=CCP(Br)(c1ccc(Cl)cc1)(c1ccc(Cl)cc1)c1ccc(Cl)cc1. The molecule has 134 valence electrons. The van der Waals surface area contributed by atoms with Crippen LogP contribution in [-0.2, 0) is 0 Å². The van der Waals surface area contributed by atoms with Gasteiger partial charge in [-0.1, -0.05) is 0 Å². The van der Waals surface area contributed by atoms with Gasteiger partial charge in [-0.15, -0.1) is 0 Å². The van der Waals surface area contributed by atoms with Gasteiger partial charge in [-0.3, -0.25) is 0 Å². The summed E-state index contributed by atoms with van der Waals surface area (Å²) in [5.74, 6) is 0. The van der Waals surface area contributed by atoms with Crippen LogP contribution >= 0.6 is 55.6 Å². The van der Waals surface area contributed by atoms with Crippen molar-refractivity contribution in [3.63, 3.8) is 0 Å². The molecule has 5 heteroatoms. The first kappa shape index (κ1) is 19.9. The van der Waals surface area contributed by atoms with E-state index in [1.165, 1.54) is 15.9 Å². The molecule has 0 saturated carbocycles. The summed E-state index contributed by atoms with van der Waals surface area (Å²) in [5.41, 5.74) is 0. The van der Waals surface area contributed by atoms with Crippen LogP contribution in [0.2, 0.25) is 15.1 Å². The van der Waals surface area contributed by atoms with Crippen LogP contribution in [0.15, 0.2) is 85.5 Å². The molecule has 0 saturated heterocycles. The van der Waals surface area contributed by atoms with Crippen LogP contribution in [-0.4, -0.2) is 6.16 Å². The van der Waals surface area contributed by atoms with Gasteiger partial charge in [0.25, 0.3) is 0 Å². The van der Waals surface area contributed by atoms with E-state index in [0.29, 0.717) is 15.1 Å². The van der Waals surface area contributed by atoms with E-state index in [4.69, 9.17) is 34.8 Å². The molecule has 0 aliphatic carbocycles.